The zero-order chi connectivity index (χ0) is 18.6. The largest absolute Gasteiger partial charge is 0.427 e. The van der Waals surface area contributed by atoms with Crippen molar-refractivity contribution in [1.82, 2.24) is 0 Å². The molecule has 0 aliphatic heterocycles. The molecule has 25 heavy (non-hydrogen) atoms. The molecule has 0 saturated carbocycles. The van der Waals surface area contributed by atoms with Crippen molar-refractivity contribution < 1.29 is 4.43 Å². The highest BCUT2D eigenvalue weighted by Gasteiger charge is 2.28. The predicted molar refractivity (Wildman–Crippen MR) is 118 cm³/mol. The Bertz CT molecular complexity index is 218. The van der Waals surface area contributed by atoms with Crippen LogP contribution in [0.2, 0.25) is 0 Å². The third-order valence-electron chi connectivity index (χ3n) is 5.88. The molecule has 0 N–H and O–H groups in total. The number of unbranched alkanes of at least 4 members (excludes halogenated alkanes) is 12. The Morgan fingerprint density at radius 3 is 1.12 bits per heavy atom. The quantitative estimate of drug-likeness (QED) is 0.161. The van der Waals surface area contributed by atoms with Gasteiger partial charge in [0.1, 0.15) is 10.5 Å². The van der Waals surface area contributed by atoms with Crippen LogP contribution in [0.3, 0.4) is 0 Å². The van der Waals surface area contributed by atoms with Crippen molar-refractivity contribution in [2.75, 3.05) is 6.61 Å². The van der Waals surface area contributed by atoms with Gasteiger partial charge in [0.25, 0.3) is 0 Å². The molecule has 0 amide bonds. The van der Waals surface area contributed by atoms with Crippen molar-refractivity contribution in [3.63, 3.8) is 0 Å². The van der Waals surface area contributed by atoms with Crippen LogP contribution in [-0.2, 0) is 4.43 Å². The van der Waals surface area contributed by atoms with Gasteiger partial charge in [0.05, 0.1) is 0 Å². The van der Waals surface area contributed by atoms with Gasteiger partial charge in [-0.1, -0.05) is 117 Å². The molecule has 0 heterocycles. The molecule has 2 heteroatoms. The van der Waals surface area contributed by atoms with Crippen molar-refractivity contribution in [2.24, 2.45) is 5.41 Å². The van der Waals surface area contributed by atoms with Gasteiger partial charge in [0.2, 0.25) is 0 Å². The molecule has 0 fully saturated rings. The van der Waals surface area contributed by atoms with Crippen molar-refractivity contribution in [3.05, 3.63) is 0 Å². The van der Waals surface area contributed by atoms with E-state index in [0.29, 0.717) is 5.41 Å². The Labute approximate surface area is 163 Å². The summed E-state index contributed by atoms with van der Waals surface area (Å²) in [6, 6.07) is 0. The third kappa shape index (κ3) is 15.0. The monoisotopic (exact) mass is 370 g/mol. The molecule has 0 aromatic carbocycles. The lowest BCUT2D eigenvalue weighted by Gasteiger charge is -2.34. The summed E-state index contributed by atoms with van der Waals surface area (Å²) in [5, 5.41) is 0. The number of hydrogen-bond acceptors (Lipinski definition) is 1. The van der Waals surface area contributed by atoms with E-state index in [1.165, 1.54) is 116 Å². The first-order valence-corrected chi connectivity index (χ1v) is 12.5. The van der Waals surface area contributed by atoms with E-state index in [9.17, 15) is 0 Å². The van der Waals surface area contributed by atoms with Gasteiger partial charge in [-0.25, -0.2) is 0 Å². The first kappa shape index (κ1) is 25.2. The van der Waals surface area contributed by atoms with Gasteiger partial charge in [0, 0.05) is 6.61 Å². The molecule has 0 unspecified atom stereocenters. The molecule has 152 valence electrons. The number of rotatable bonds is 20. The summed E-state index contributed by atoms with van der Waals surface area (Å²) < 4.78 is 5.88. The maximum Gasteiger partial charge on any atom is 0.145 e. The molecule has 0 radical (unpaired) electrons. The van der Waals surface area contributed by atoms with Crippen molar-refractivity contribution in [2.45, 2.75) is 136 Å². The highest BCUT2D eigenvalue weighted by molar-refractivity contribution is 5.97. The Balaban J connectivity index is 4.40. The van der Waals surface area contributed by atoms with Gasteiger partial charge in [0.15, 0.2) is 0 Å². The summed E-state index contributed by atoms with van der Waals surface area (Å²) in [5.41, 5.74) is 0.506. The highest BCUT2D eigenvalue weighted by atomic mass is 28.2. The Morgan fingerprint density at radius 2 is 0.840 bits per heavy atom. The lowest BCUT2D eigenvalue weighted by atomic mass is 9.74. The predicted octanol–water partition coefficient (Wildman–Crippen LogP) is 7.35. The SMILES string of the molecule is CCCCCCCC(CCCCCCC)(CCCCCCC)CO[SiH3]. The van der Waals surface area contributed by atoms with E-state index in [0.717, 1.165) is 17.1 Å². The van der Waals surface area contributed by atoms with Gasteiger partial charge in [-0.2, -0.15) is 0 Å². The molecule has 0 aromatic rings. The minimum Gasteiger partial charge on any atom is -0.427 e. The van der Waals surface area contributed by atoms with Gasteiger partial charge in [-0.15, -0.1) is 0 Å². The van der Waals surface area contributed by atoms with E-state index in [2.05, 4.69) is 20.8 Å². The molecule has 0 spiro atoms. The highest BCUT2D eigenvalue weighted by Crippen LogP contribution is 2.37. The maximum atomic E-state index is 5.88. The molecular formula is C23H50OSi. The fourth-order valence-corrected chi connectivity index (χ4v) is 4.82. The molecule has 1 nitrogen and oxygen atoms in total. The van der Waals surface area contributed by atoms with Crippen LogP contribution in [0.25, 0.3) is 0 Å². The summed E-state index contributed by atoms with van der Waals surface area (Å²) in [5.74, 6) is 0. The van der Waals surface area contributed by atoms with E-state index in [1.807, 2.05) is 0 Å². The molecule has 0 aliphatic rings. The van der Waals surface area contributed by atoms with Crippen LogP contribution in [0.1, 0.15) is 136 Å². The van der Waals surface area contributed by atoms with Gasteiger partial charge in [-0.3, -0.25) is 0 Å². The molecular weight excluding hydrogens is 320 g/mol. The zero-order valence-electron chi connectivity index (χ0n) is 18.3. The molecule has 0 saturated heterocycles. The average Bonchev–Trinajstić information content (AvgIpc) is 2.61. The van der Waals surface area contributed by atoms with E-state index in [1.54, 1.807) is 0 Å². The first-order valence-electron chi connectivity index (χ1n) is 11.7. The van der Waals surface area contributed by atoms with Crippen LogP contribution >= 0.6 is 0 Å². The van der Waals surface area contributed by atoms with E-state index < -0.39 is 0 Å². The molecule has 0 bridgehead atoms. The fourth-order valence-electron chi connectivity index (χ4n) is 4.21. The van der Waals surface area contributed by atoms with E-state index in [-0.39, 0.29) is 0 Å². The third-order valence-corrected chi connectivity index (χ3v) is 6.17. The second-order valence-corrected chi connectivity index (χ2v) is 9.00. The summed E-state index contributed by atoms with van der Waals surface area (Å²) in [6.45, 7) is 7.99. The van der Waals surface area contributed by atoms with Gasteiger partial charge >= 0.3 is 0 Å². The van der Waals surface area contributed by atoms with E-state index >= 15 is 0 Å². The van der Waals surface area contributed by atoms with Crippen molar-refractivity contribution in [3.8, 4) is 0 Å². The molecule has 0 aromatic heterocycles. The second kappa shape index (κ2) is 19.0. The lowest BCUT2D eigenvalue weighted by molar-refractivity contribution is 0.107. The average molecular weight is 371 g/mol. The first-order chi connectivity index (χ1) is 12.2. The minimum atomic E-state index is 0.506. The smallest absolute Gasteiger partial charge is 0.145 e. The van der Waals surface area contributed by atoms with Crippen LogP contribution in [0, 0.1) is 5.41 Å². The second-order valence-electron chi connectivity index (χ2n) is 8.43. The normalized spacial score (nSPS) is 12.1. The Morgan fingerprint density at radius 1 is 0.520 bits per heavy atom. The van der Waals surface area contributed by atoms with Gasteiger partial charge < -0.3 is 4.43 Å². The van der Waals surface area contributed by atoms with Crippen molar-refractivity contribution >= 4 is 10.5 Å². The number of hydrogen-bond donors (Lipinski definition) is 0. The van der Waals surface area contributed by atoms with Crippen LogP contribution in [0.4, 0.5) is 0 Å². The minimum absolute atomic E-state index is 0.506. The maximum absolute atomic E-state index is 5.88. The van der Waals surface area contributed by atoms with Crippen LogP contribution in [-0.4, -0.2) is 17.1 Å². The fraction of sp³-hybridized carbons (Fsp3) is 1.00. The summed E-state index contributed by atoms with van der Waals surface area (Å²) in [6.07, 6.45) is 25.4. The molecule has 0 aliphatic carbocycles. The Kier molecular flexibility index (Phi) is 19.1. The summed E-state index contributed by atoms with van der Waals surface area (Å²) in [7, 11) is 0.902. The van der Waals surface area contributed by atoms with Crippen LogP contribution in [0.5, 0.6) is 0 Å². The standard InChI is InChI=1S/C23H50OSi/c1-4-7-10-13-16-19-23(22-24-25,20-17-14-11-8-5-2)21-18-15-12-9-6-3/h4-22H2,1-3,25H3. The summed E-state index contributed by atoms with van der Waals surface area (Å²) in [4.78, 5) is 0. The lowest BCUT2D eigenvalue weighted by Crippen LogP contribution is -2.27. The van der Waals surface area contributed by atoms with Gasteiger partial charge in [-0.05, 0) is 24.7 Å². The van der Waals surface area contributed by atoms with Crippen LogP contribution < -0.4 is 0 Å². The summed E-state index contributed by atoms with van der Waals surface area (Å²) >= 11 is 0. The molecule has 0 atom stereocenters. The topological polar surface area (TPSA) is 9.23 Å². The van der Waals surface area contributed by atoms with Crippen molar-refractivity contribution in [1.29, 1.82) is 0 Å². The molecule has 0 rings (SSSR count). The van der Waals surface area contributed by atoms with E-state index in [4.69, 9.17) is 4.43 Å². The Hall–Kier alpha value is 0.177. The van der Waals surface area contributed by atoms with Crippen LogP contribution in [0.15, 0.2) is 0 Å². The zero-order valence-corrected chi connectivity index (χ0v) is 20.3.